The first-order valence-corrected chi connectivity index (χ1v) is 9.17. The summed E-state index contributed by atoms with van der Waals surface area (Å²) in [7, 11) is 1.62. The molecule has 1 saturated carbocycles. The lowest BCUT2D eigenvalue weighted by molar-refractivity contribution is 0.0908. The summed E-state index contributed by atoms with van der Waals surface area (Å²) in [5.74, 6) is 0.696. The maximum atomic E-state index is 12.6. The molecule has 2 aromatic carbocycles. The van der Waals surface area contributed by atoms with Gasteiger partial charge in [0, 0.05) is 12.1 Å². The monoisotopic (exact) mass is 337 g/mol. The van der Waals surface area contributed by atoms with E-state index in [0.29, 0.717) is 11.3 Å². The van der Waals surface area contributed by atoms with Gasteiger partial charge in [0.1, 0.15) is 5.75 Å². The summed E-state index contributed by atoms with van der Waals surface area (Å²) in [6, 6.07) is 18.0. The van der Waals surface area contributed by atoms with E-state index < -0.39 is 0 Å². The van der Waals surface area contributed by atoms with Gasteiger partial charge in [0.25, 0.3) is 5.91 Å². The van der Waals surface area contributed by atoms with Gasteiger partial charge in [-0.2, -0.15) is 0 Å². The minimum absolute atomic E-state index is 0.0167. The van der Waals surface area contributed by atoms with Gasteiger partial charge in [0.15, 0.2) is 0 Å². The fraction of sp³-hybridized carbons (Fsp3) is 0.409. The zero-order valence-electron chi connectivity index (χ0n) is 15.0. The molecule has 0 spiro atoms. The van der Waals surface area contributed by atoms with Crippen LogP contribution in [0.25, 0.3) is 0 Å². The third-order valence-corrected chi connectivity index (χ3v) is 5.29. The minimum atomic E-state index is -0.0167. The summed E-state index contributed by atoms with van der Waals surface area (Å²) < 4.78 is 5.22. The van der Waals surface area contributed by atoms with Crippen LogP contribution in [0, 0.1) is 5.41 Å². The van der Waals surface area contributed by atoms with Crippen molar-refractivity contribution in [1.29, 1.82) is 0 Å². The van der Waals surface area contributed by atoms with Gasteiger partial charge < -0.3 is 10.1 Å². The number of carbonyl (C=O) groups is 1. The molecule has 2 aromatic rings. The van der Waals surface area contributed by atoms with Crippen LogP contribution in [0.3, 0.4) is 0 Å². The van der Waals surface area contributed by atoms with E-state index in [1.807, 2.05) is 18.2 Å². The Kier molecular flexibility index (Phi) is 5.75. The molecule has 0 aliphatic heterocycles. The first-order valence-electron chi connectivity index (χ1n) is 9.17. The van der Waals surface area contributed by atoms with E-state index in [2.05, 4.69) is 35.6 Å². The average molecular weight is 337 g/mol. The number of nitrogens with one attached hydrogen (secondary N) is 1. The van der Waals surface area contributed by atoms with Gasteiger partial charge in [-0.05, 0) is 48.4 Å². The topological polar surface area (TPSA) is 38.3 Å². The van der Waals surface area contributed by atoms with Crippen molar-refractivity contribution in [3.8, 4) is 5.75 Å². The van der Waals surface area contributed by atoms with E-state index in [9.17, 15) is 4.79 Å². The maximum absolute atomic E-state index is 12.6. The Hall–Kier alpha value is -2.29. The smallest absolute Gasteiger partial charge is 0.251 e. The summed E-state index contributed by atoms with van der Waals surface area (Å²) in [6.07, 6.45) is 7.21. The molecule has 3 heteroatoms. The Morgan fingerprint density at radius 2 is 1.80 bits per heavy atom. The number of amides is 1. The Labute approximate surface area is 150 Å². The lowest BCUT2D eigenvalue weighted by atomic mass is 9.70. The first-order chi connectivity index (χ1) is 12.2. The van der Waals surface area contributed by atoms with Gasteiger partial charge in [-0.3, -0.25) is 4.79 Å². The van der Waals surface area contributed by atoms with E-state index >= 15 is 0 Å². The van der Waals surface area contributed by atoms with Gasteiger partial charge in [-0.25, -0.2) is 0 Å². The molecule has 0 heterocycles. The zero-order chi connectivity index (χ0) is 17.5. The highest BCUT2D eigenvalue weighted by Crippen LogP contribution is 2.38. The molecule has 3 nitrogen and oxygen atoms in total. The van der Waals surface area contributed by atoms with Crippen molar-refractivity contribution >= 4 is 5.91 Å². The highest BCUT2D eigenvalue weighted by molar-refractivity contribution is 5.94. The molecule has 1 aliphatic carbocycles. The molecular formula is C22H27NO2. The van der Waals surface area contributed by atoms with Gasteiger partial charge >= 0.3 is 0 Å². The fourth-order valence-corrected chi connectivity index (χ4v) is 3.88. The molecule has 0 radical (unpaired) electrons. The number of benzene rings is 2. The fourth-order valence-electron chi connectivity index (χ4n) is 3.88. The number of hydrogen-bond acceptors (Lipinski definition) is 2. The second-order valence-electron chi connectivity index (χ2n) is 7.14. The molecule has 3 rings (SSSR count). The summed E-state index contributed by atoms with van der Waals surface area (Å²) in [6.45, 7) is 0.734. The second-order valence-corrected chi connectivity index (χ2v) is 7.14. The highest BCUT2D eigenvalue weighted by Gasteiger charge is 2.32. The van der Waals surface area contributed by atoms with E-state index in [0.717, 1.165) is 13.0 Å². The van der Waals surface area contributed by atoms with Crippen molar-refractivity contribution in [2.24, 2.45) is 5.41 Å². The average Bonchev–Trinajstić information content (AvgIpc) is 2.68. The van der Waals surface area contributed by atoms with E-state index in [1.165, 1.54) is 37.7 Å². The molecule has 1 fully saturated rings. The van der Waals surface area contributed by atoms with Crippen molar-refractivity contribution < 1.29 is 9.53 Å². The molecule has 0 bridgehead atoms. The Morgan fingerprint density at radius 1 is 1.04 bits per heavy atom. The molecule has 132 valence electrons. The van der Waals surface area contributed by atoms with Crippen LogP contribution in [-0.4, -0.2) is 19.6 Å². The highest BCUT2D eigenvalue weighted by atomic mass is 16.5. The normalized spacial score (nSPS) is 16.2. The molecule has 0 aromatic heterocycles. The number of carbonyl (C=O) groups excluding carboxylic acids is 1. The molecular weight excluding hydrogens is 310 g/mol. The summed E-state index contributed by atoms with van der Waals surface area (Å²) in [5.41, 5.74) is 2.19. The van der Waals surface area contributed by atoms with Gasteiger partial charge in [-0.15, -0.1) is 0 Å². The van der Waals surface area contributed by atoms with Crippen LogP contribution >= 0.6 is 0 Å². The van der Waals surface area contributed by atoms with Crippen LogP contribution in [0.4, 0.5) is 0 Å². The number of methoxy groups -OCH3 is 1. The Balaban J connectivity index is 1.69. The number of rotatable bonds is 6. The summed E-state index contributed by atoms with van der Waals surface area (Å²) >= 11 is 0. The van der Waals surface area contributed by atoms with Crippen LogP contribution in [0.5, 0.6) is 5.75 Å². The van der Waals surface area contributed by atoms with E-state index in [1.54, 1.807) is 13.2 Å². The van der Waals surface area contributed by atoms with Crippen molar-refractivity contribution in [2.75, 3.05) is 13.7 Å². The molecule has 0 saturated heterocycles. The molecule has 25 heavy (non-hydrogen) atoms. The molecule has 0 unspecified atom stereocenters. The SMILES string of the molecule is COc1cccc(C(=O)NCC2(Cc3ccccc3)CCCCC2)c1. The van der Waals surface area contributed by atoms with Crippen molar-refractivity contribution in [3.05, 3.63) is 65.7 Å². The predicted molar refractivity (Wildman–Crippen MR) is 101 cm³/mol. The van der Waals surface area contributed by atoms with Crippen LogP contribution in [0.1, 0.15) is 48.0 Å². The van der Waals surface area contributed by atoms with Crippen LogP contribution in [0.15, 0.2) is 54.6 Å². The van der Waals surface area contributed by atoms with Gasteiger partial charge in [-0.1, -0.05) is 55.7 Å². The minimum Gasteiger partial charge on any atom is -0.497 e. The van der Waals surface area contributed by atoms with Crippen molar-refractivity contribution in [1.82, 2.24) is 5.32 Å². The molecule has 0 atom stereocenters. The predicted octanol–water partition coefficient (Wildman–Crippen LogP) is 4.62. The summed E-state index contributed by atoms with van der Waals surface area (Å²) in [4.78, 5) is 12.6. The molecule has 1 amide bonds. The Bertz CT molecular complexity index is 690. The van der Waals surface area contributed by atoms with Gasteiger partial charge in [0.2, 0.25) is 0 Å². The summed E-state index contributed by atoms with van der Waals surface area (Å²) in [5, 5.41) is 3.19. The van der Waals surface area contributed by atoms with Crippen molar-refractivity contribution in [2.45, 2.75) is 38.5 Å². The molecule has 1 aliphatic rings. The van der Waals surface area contributed by atoms with Crippen LogP contribution in [-0.2, 0) is 6.42 Å². The van der Waals surface area contributed by atoms with Crippen LogP contribution in [0.2, 0.25) is 0 Å². The van der Waals surface area contributed by atoms with E-state index in [-0.39, 0.29) is 11.3 Å². The van der Waals surface area contributed by atoms with Crippen molar-refractivity contribution in [3.63, 3.8) is 0 Å². The van der Waals surface area contributed by atoms with Gasteiger partial charge in [0.05, 0.1) is 7.11 Å². The van der Waals surface area contributed by atoms with E-state index in [4.69, 9.17) is 4.74 Å². The largest absolute Gasteiger partial charge is 0.497 e. The first kappa shape index (κ1) is 17.5. The third-order valence-electron chi connectivity index (χ3n) is 5.29. The Morgan fingerprint density at radius 3 is 2.52 bits per heavy atom. The zero-order valence-corrected chi connectivity index (χ0v) is 15.0. The lowest BCUT2D eigenvalue weighted by Gasteiger charge is -2.37. The maximum Gasteiger partial charge on any atom is 0.251 e. The second kappa shape index (κ2) is 8.19. The number of hydrogen-bond donors (Lipinski definition) is 1. The number of ether oxygens (including phenoxy) is 1. The van der Waals surface area contributed by atoms with Crippen LogP contribution < -0.4 is 10.1 Å². The quantitative estimate of drug-likeness (QED) is 0.835. The molecule has 1 N–H and O–H groups in total. The lowest BCUT2D eigenvalue weighted by Crippen LogP contribution is -2.40. The standard InChI is InChI=1S/C22H27NO2/c1-25-20-12-8-11-19(15-20)21(24)23-17-22(13-6-3-7-14-22)16-18-9-4-2-5-10-18/h2,4-5,8-12,15H,3,6-7,13-14,16-17H2,1H3,(H,23,24). The third kappa shape index (κ3) is 4.62.